The first-order chi connectivity index (χ1) is 11.6. The highest BCUT2D eigenvalue weighted by atomic mass is 32.2. The van der Waals surface area contributed by atoms with Gasteiger partial charge in [0.15, 0.2) is 0 Å². The Morgan fingerprint density at radius 3 is 2.21 bits per heavy atom. The van der Waals surface area contributed by atoms with Crippen molar-refractivity contribution >= 4 is 10.0 Å². The van der Waals surface area contributed by atoms with Crippen LogP contribution in [0, 0.1) is 0 Å². The average Bonchev–Trinajstić information content (AvgIpc) is 2.63. The second-order valence-electron chi connectivity index (χ2n) is 5.51. The van der Waals surface area contributed by atoms with E-state index in [1.807, 2.05) is 42.5 Å². The topological polar surface area (TPSA) is 50.3 Å². The summed E-state index contributed by atoms with van der Waals surface area (Å²) in [6.07, 6.45) is 3.46. The largest absolute Gasteiger partial charge is 0.264 e. The third-order valence-corrected chi connectivity index (χ3v) is 5.62. The molecule has 4 nitrogen and oxygen atoms in total. The van der Waals surface area contributed by atoms with Gasteiger partial charge in [0.1, 0.15) is 0 Å². The van der Waals surface area contributed by atoms with Crippen molar-refractivity contribution in [1.29, 1.82) is 0 Å². The Hall–Kier alpha value is -2.50. The molecule has 122 valence electrons. The molecule has 0 amide bonds. The first-order valence-corrected chi connectivity index (χ1v) is 9.02. The summed E-state index contributed by atoms with van der Waals surface area (Å²) in [6.45, 7) is 0.341. The molecule has 2 aromatic carbocycles. The normalized spacial score (nSPS) is 11.6. The van der Waals surface area contributed by atoms with E-state index in [0.29, 0.717) is 6.54 Å². The molecule has 0 fully saturated rings. The highest BCUT2D eigenvalue weighted by molar-refractivity contribution is 7.89. The zero-order chi connectivity index (χ0) is 17.0. The van der Waals surface area contributed by atoms with E-state index in [-0.39, 0.29) is 4.90 Å². The Labute approximate surface area is 142 Å². The van der Waals surface area contributed by atoms with Crippen LogP contribution in [-0.2, 0) is 16.6 Å². The van der Waals surface area contributed by atoms with Gasteiger partial charge in [0, 0.05) is 26.0 Å². The minimum atomic E-state index is -3.52. The summed E-state index contributed by atoms with van der Waals surface area (Å²) >= 11 is 0. The van der Waals surface area contributed by atoms with Crippen LogP contribution in [0.1, 0.15) is 5.56 Å². The van der Waals surface area contributed by atoms with Gasteiger partial charge in [-0.05, 0) is 34.9 Å². The number of aromatic nitrogens is 1. The molecule has 5 heteroatoms. The average molecular weight is 338 g/mol. The van der Waals surface area contributed by atoms with Gasteiger partial charge in [0.2, 0.25) is 10.0 Å². The number of hydrogen-bond donors (Lipinski definition) is 0. The number of pyridine rings is 1. The highest BCUT2D eigenvalue weighted by Gasteiger charge is 2.20. The van der Waals surface area contributed by atoms with Gasteiger partial charge in [-0.25, -0.2) is 8.42 Å². The van der Waals surface area contributed by atoms with Crippen LogP contribution in [0.4, 0.5) is 0 Å². The number of rotatable bonds is 5. The summed E-state index contributed by atoms with van der Waals surface area (Å²) in [4.78, 5) is 4.37. The molecule has 0 atom stereocenters. The summed E-state index contributed by atoms with van der Waals surface area (Å²) in [5, 5.41) is 0. The van der Waals surface area contributed by atoms with Crippen molar-refractivity contribution in [2.45, 2.75) is 11.4 Å². The predicted octanol–water partition coefficient (Wildman–Crippen LogP) is 3.57. The summed E-state index contributed by atoms with van der Waals surface area (Å²) in [7, 11) is -1.92. The van der Waals surface area contributed by atoms with Crippen LogP contribution in [-0.4, -0.2) is 24.8 Å². The van der Waals surface area contributed by atoms with E-state index in [9.17, 15) is 8.42 Å². The van der Waals surface area contributed by atoms with Crippen molar-refractivity contribution in [1.82, 2.24) is 9.29 Å². The summed E-state index contributed by atoms with van der Waals surface area (Å²) in [6, 6.07) is 20.2. The number of nitrogens with zero attached hydrogens (tertiary/aromatic N) is 2. The first kappa shape index (κ1) is 16.4. The van der Waals surface area contributed by atoms with E-state index in [4.69, 9.17) is 0 Å². The van der Waals surface area contributed by atoms with Crippen LogP contribution in [0.2, 0.25) is 0 Å². The van der Waals surface area contributed by atoms with Crippen LogP contribution in [0.15, 0.2) is 84.0 Å². The SMILES string of the molecule is CN(Cc1ccccc1)S(=O)(=O)c1ccc(-c2cccnc2)cc1. The standard InChI is InChI=1S/C19H18N2O2S/c1-21(15-16-6-3-2-4-7-16)24(22,23)19-11-9-17(10-12-19)18-8-5-13-20-14-18/h2-14H,15H2,1H3. The number of benzene rings is 2. The Morgan fingerprint density at radius 2 is 1.58 bits per heavy atom. The second kappa shape index (κ2) is 6.95. The molecule has 0 spiro atoms. The van der Waals surface area contributed by atoms with Crippen molar-refractivity contribution < 1.29 is 8.42 Å². The molecule has 24 heavy (non-hydrogen) atoms. The third kappa shape index (κ3) is 3.53. The molecule has 0 bridgehead atoms. The van der Waals surface area contributed by atoms with Gasteiger partial charge >= 0.3 is 0 Å². The zero-order valence-corrected chi connectivity index (χ0v) is 14.1. The second-order valence-corrected chi connectivity index (χ2v) is 7.56. The lowest BCUT2D eigenvalue weighted by Gasteiger charge is -2.17. The van der Waals surface area contributed by atoms with Crippen molar-refractivity contribution in [2.75, 3.05) is 7.05 Å². The molecule has 0 radical (unpaired) electrons. The Balaban J connectivity index is 1.82. The van der Waals surface area contributed by atoms with Gasteiger partial charge in [-0.3, -0.25) is 4.98 Å². The molecule has 0 aliphatic carbocycles. The smallest absolute Gasteiger partial charge is 0.243 e. The van der Waals surface area contributed by atoms with Crippen molar-refractivity contribution in [3.05, 3.63) is 84.7 Å². The molecular formula is C19H18N2O2S. The van der Waals surface area contributed by atoms with Gasteiger partial charge in [-0.2, -0.15) is 4.31 Å². The lowest BCUT2D eigenvalue weighted by atomic mass is 10.1. The number of sulfonamides is 1. The van der Waals surface area contributed by atoms with E-state index < -0.39 is 10.0 Å². The van der Waals surface area contributed by atoms with Crippen molar-refractivity contribution in [2.24, 2.45) is 0 Å². The van der Waals surface area contributed by atoms with E-state index in [2.05, 4.69) is 4.98 Å². The van der Waals surface area contributed by atoms with Crippen LogP contribution in [0.5, 0.6) is 0 Å². The molecular weight excluding hydrogens is 320 g/mol. The molecule has 0 saturated heterocycles. The molecule has 0 saturated carbocycles. The summed E-state index contributed by atoms with van der Waals surface area (Å²) < 4.78 is 26.8. The highest BCUT2D eigenvalue weighted by Crippen LogP contribution is 2.22. The fraction of sp³-hybridized carbons (Fsp3) is 0.105. The Morgan fingerprint density at radius 1 is 0.875 bits per heavy atom. The first-order valence-electron chi connectivity index (χ1n) is 7.58. The van der Waals surface area contributed by atoms with Crippen LogP contribution >= 0.6 is 0 Å². The molecule has 0 aliphatic rings. The van der Waals surface area contributed by atoms with Crippen molar-refractivity contribution in [3.8, 4) is 11.1 Å². The number of hydrogen-bond acceptors (Lipinski definition) is 3. The lowest BCUT2D eigenvalue weighted by molar-refractivity contribution is 0.467. The summed E-state index contributed by atoms with van der Waals surface area (Å²) in [5.41, 5.74) is 2.85. The minimum Gasteiger partial charge on any atom is -0.264 e. The van der Waals surface area contributed by atoms with E-state index in [0.717, 1.165) is 16.7 Å². The maximum absolute atomic E-state index is 12.7. The van der Waals surface area contributed by atoms with Crippen LogP contribution in [0.25, 0.3) is 11.1 Å². The van der Waals surface area contributed by atoms with Gasteiger partial charge in [0.05, 0.1) is 4.90 Å². The molecule has 3 rings (SSSR count). The molecule has 1 heterocycles. The van der Waals surface area contributed by atoms with Gasteiger partial charge in [0.25, 0.3) is 0 Å². The van der Waals surface area contributed by atoms with Gasteiger partial charge in [-0.1, -0.05) is 48.5 Å². The Bertz CT molecular complexity index is 893. The van der Waals surface area contributed by atoms with E-state index in [1.54, 1.807) is 43.7 Å². The fourth-order valence-electron chi connectivity index (χ4n) is 2.46. The third-order valence-electron chi connectivity index (χ3n) is 3.81. The Kier molecular flexibility index (Phi) is 4.74. The van der Waals surface area contributed by atoms with E-state index in [1.165, 1.54) is 4.31 Å². The lowest BCUT2D eigenvalue weighted by Crippen LogP contribution is -2.26. The van der Waals surface area contributed by atoms with Gasteiger partial charge < -0.3 is 0 Å². The monoisotopic (exact) mass is 338 g/mol. The predicted molar refractivity (Wildman–Crippen MR) is 94.8 cm³/mol. The van der Waals surface area contributed by atoms with Crippen molar-refractivity contribution in [3.63, 3.8) is 0 Å². The quantitative estimate of drug-likeness (QED) is 0.714. The van der Waals surface area contributed by atoms with E-state index >= 15 is 0 Å². The summed E-state index contributed by atoms with van der Waals surface area (Å²) in [5.74, 6) is 0. The van der Waals surface area contributed by atoms with Crippen LogP contribution < -0.4 is 0 Å². The molecule has 3 aromatic rings. The molecule has 0 unspecified atom stereocenters. The maximum Gasteiger partial charge on any atom is 0.243 e. The minimum absolute atomic E-state index is 0.286. The molecule has 1 aromatic heterocycles. The maximum atomic E-state index is 12.7. The fourth-order valence-corrected chi connectivity index (χ4v) is 3.62. The molecule has 0 N–H and O–H groups in total. The van der Waals surface area contributed by atoms with Crippen LogP contribution in [0.3, 0.4) is 0 Å². The zero-order valence-electron chi connectivity index (χ0n) is 13.3. The van der Waals surface area contributed by atoms with Gasteiger partial charge in [-0.15, -0.1) is 0 Å². The molecule has 0 aliphatic heterocycles.